The van der Waals surface area contributed by atoms with E-state index in [-0.39, 0.29) is 17.7 Å². The molecule has 1 aliphatic rings. The molecule has 0 bridgehead atoms. The first kappa shape index (κ1) is 18.9. The topological polar surface area (TPSA) is 94.6 Å². The summed E-state index contributed by atoms with van der Waals surface area (Å²) < 4.78 is 16.2. The van der Waals surface area contributed by atoms with Crippen molar-refractivity contribution in [2.75, 3.05) is 38.7 Å². The minimum atomic E-state index is -0.286. The zero-order valence-electron chi connectivity index (χ0n) is 15.3. The van der Waals surface area contributed by atoms with Gasteiger partial charge in [0.05, 0.1) is 19.8 Å². The molecule has 1 aromatic heterocycles. The third-order valence-electron chi connectivity index (χ3n) is 4.15. The maximum atomic E-state index is 12.1. The summed E-state index contributed by atoms with van der Waals surface area (Å²) in [7, 11) is 1.61. The van der Waals surface area contributed by atoms with Crippen molar-refractivity contribution in [2.24, 2.45) is 0 Å². The van der Waals surface area contributed by atoms with Crippen molar-refractivity contribution >= 4 is 11.7 Å². The van der Waals surface area contributed by atoms with Crippen molar-refractivity contribution < 1.29 is 19.0 Å². The highest BCUT2D eigenvalue weighted by Crippen LogP contribution is 2.16. The first-order valence-corrected chi connectivity index (χ1v) is 8.99. The zero-order chi connectivity index (χ0) is 18.9. The van der Waals surface area contributed by atoms with Gasteiger partial charge in [-0.3, -0.25) is 4.79 Å². The molecule has 1 fully saturated rings. The Hall–Kier alpha value is -2.87. The molecule has 1 saturated heterocycles. The van der Waals surface area contributed by atoms with E-state index in [9.17, 15) is 4.79 Å². The zero-order valence-corrected chi connectivity index (χ0v) is 15.3. The van der Waals surface area contributed by atoms with Gasteiger partial charge in [0.2, 0.25) is 0 Å². The number of ether oxygens (including phenoxy) is 3. The molecule has 1 aromatic carbocycles. The summed E-state index contributed by atoms with van der Waals surface area (Å²) in [5.74, 6) is 1.82. The van der Waals surface area contributed by atoms with Crippen LogP contribution in [-0.4, -0.2) is 55.6 Å². The third kappa shape index (κ3) is 5.82. The van der Waals surface area contributed by atoms with Crippen LogP contribution in [0.15, 0.2) is 36.4 Å². The highest BCUT2D eigenvalue weighted by molar-refractivity contribution is 5.92. The van der Waals surface area contributed by atoms with Gasteiger partial charge in [-0.2, -0.15) is 0 Å². The average molecular weight is 372 g/mol. The van der Waals surface area contributed by atoms with Crippen LogP contribution in [0.3, 0.4) is 0 Å². The molecule has 27 heavy (non-hydrogen) atoms. The molecule has 2 aromatic rings. The van der Waals surface area contributed by atoms with Gasteiger partial charge in [0, 0.05) is 13.2 Å². The molecule has 0 saturated carbocycles. The van der Waals surface area contributed by atoms with Gasteiger partial charge in [-0.15, -0.1) is 10.2 Å². The van der Waals surface area contributed by atoms with E-state index in [0.29, 0.717) is 31.3 Å². The smallest absolute Gasteiger partial charge is 0.271 e. The second-order valence-electron chi connectivity index (χ2n) is 6.10. The van der Waals surface area contributed by atoms with E-state index in [2.05, 4.69) is 20.8 Å². The lowest BCUT2D eigenvalue weighted by Gasteiger charge is -2.11. The number of aromatic nitrogens is 2. The van der Waals surface area contributed by atoms with E-state index < -0.39 is 0 Å². The number of rotatable bonds is 9. The van der Waals surface area contributed by atoms with Gasteiger partial charge in [0.1, 0.15) is 23.9 Å². The second kappa shape index (κ2) is 9.72. The normalized spacial score (nSPS) is 16.0. The molecule has 8 nitrogen and oxygen atoms in total. The first-order chi connectivity index (χ1) is 13.2. The maximum Gasteiger partial charge on any atom is 0.271 e. The molecule has 1 amide bonds. The van der Waals surface area contributed by atoms with E-state index in [1.165, 1.54) is 0 Å². The number of carbonyl (C=O) groups excluding carboxylic acids is 1. The number of nitrogens with zero attached hydrogens (tertiary/aromatic N) is 2. The molecule has 1 atom stereocenters. The van der Waals surface area contributed by atoms with Crippen molar-refractivity contribution in [3.63, 3.8) is 0 Å². The van der Waals surface area contributed by atoms with Gasteiger partial charge < -0.3 is 24.8 Å². The molecule has 0 radical (unpaired) electrons. The van der Waals surface area contributed by atoms with Crippen LogP contribution in [-0.2, 0) is 4.74 Å². The quantitative estimate of drug-likeness (QED) is 0.649. The number of amides is 1. The standard InChI is InChI=1S/C19H24N4O4/c1-25-14-4-6-15(7-5-14)27-12-10-20-19(24)17-8-9-18(23-22-17)21-13-16-3-2-11-26-16/h4-9,16H,2-3,10-13H2,1H3,(H,20,24)(H,21,23). The number of nitrogens with one attached hydrogen (secondary N) is 2. The van der Waals surface area contributed by atoms with Crippen LogP contribution in [0.25, 0.3) is 0 Å². The summed E-state index contributed by atoms with van der Waals surface area (Å²) in [6.45, 7) is 2.24. The fourth-order valence-electron chi connectivity index (χ4n) is 2.67. The van der Waals surface area contributed by atoms with Crippen molar-refractivity contribution in [1.82, 2.24) is 15.5 Å². The monoisotopic (exact) mass is 372 g/mol. The van der Waals surface area contributed by atoms with E-state index in [0.717, 1.165) is 25.2 Å². The Kier molecular flexibility index (Phi) is 6.81. The lowest BCUT2D eigenvalue weighted by atomic mass is 10.2. The Bertz CT molecular complexity index is 715. The van der Waals surface area contributed by atoms with E-state index in [1.807, 2.05) is 24.3 Å². The Morgan fingerprint density at radius 2 is 2.00 bits per heavy atom. The molecule has 144 valence electrons. The molecule has 2 heterocycles. The summed E-state index contributed by atoms with van der Waals surface area (Å²) in [5, 5.41) is 13.9. The Balaban J connectivity index is 1.37. The molecule has 3 rings (SSSR count). The van der Waals surface area contributed by atoms with Gasteiger partial charge in [-0.05, 0) is 49.2 Å². The van der Waals surface area contributed by atoms with Crippen LogP contribution >= 0.6 is 0 Å². The first-order valence-electron chi connectivity index (χ1n) is 8.99. The van der Waals surface area contributed by atoms with Gasteiger partial charge in [-0.25, -0.2) is 0 Å². The summed E-state index contributed by atoms with van der Waals surface area (Å²) in [5.41, 5.74) is 0.266. The number of benzene rings is 1. The number of hydrogen-bond donors (Lipinski definition) is 2. The Morgan fingerprint density at radius 3 is 2.67 bits per heavy atom. The fourth-order valence-corrected chi connectivity index (χ4v) is 2.67. The summed E-state index contributed by atoms with van der Waals surface area (Å²) in [4.78, 5) is 12.1. The molecule has 2 N–H and O–H groups in total. The number of carbonyl (C=O) groups is 1. The maximum absolute atomic E-state index is 12.1. The largest absolute Gasteiger partial charge is 0.497 e. The second-order valence-corrected chi connectivity index (χ2v) is 6.10. The summed E-state index contributed by atoms with van der Waals surface area (Å²) >= 11 is 0. The molecule has 1 aliphatic heterocycles. The van der Waals surface area contributed by atoms with Crippen LogP contribution in [0.2, 0.25) is 0 Å². The van der Waals surface area contributed by atoms with Gasteiger partial charge in [-0.1, -0.05) is 0 Å². The van der Waals surface area contributed by atoms with E-state index in [4.69, 9.17) is 14.2 Å². The van der Waals surface area contributed by atoms with Crippen molar-refractivity contribution in [3.8, 4) is 11.5 Å². The minimum Gasteiger partial charge on any atom is -0.497 e. The predicted molar refractivity (Wildman–Crippen MR) is 100 cm³/mol. The SMILES string of the molecule is COc1ccc(OCCNC(=O)c2ccc(NCC3CCCO3)nn2)cc1. The van der Waals surface area contributed by atoms with Crippen molar-refractivity contribution in [2.45, 2.75) is 18.9 Å². The molecule has 0 spiro atoms. The Labute approximate surface area is 158 Å². The van der Waals surface area contributed by atoms with Crippen LogP contribution < -0.4 is 20.1 Å². The van der Waals surface area contributed by atoms with Crippen LogP contribution in [0.1, 0.15) is 23.3 Å². The number of hydrogen-bond acceptors (Lipinski definition) is 7. The predicted octanol–water partition coefficient (Wildman–Crippen LogP) is 1.88. The molecule has 0 aliphatic carbocycles. The summed E-state index contributed by atoms with van der Waals surface area (Å²) in [6, 6.07) is 10.6. The number of methoxy groups -OCH3 is 1. The van der Waals surface area contributed by atoms with E-state index in [1.54, 1.807) is 19.2 Å². The fraction of sp³-hybridized carbons (Fsp3) is 0.421. The minimum absolute atomic E-state index is 0.223. The average Bonchev–Trinajstić information content (AvgIpc) is 3.24. The lowest BCUT2D eigenvalue weighted by Crippen LogP contribution is -2.29. The number of anilines is 1. The van der Waals surface area contributed by atoms with Crippen LogP contribution in [0.5, 0.6) is 11.5 Å². The highest BCUT2D eigenvalue weighted by atomic mass is 16.5. The van der Waals surface area contributed by atoms with Crippen LogP contribution in [0, 0.1) is 0 Å². The van der Waals surface area contributed by atoms with Crippen molar-refractivity contribution in [3.05, 3.63) is 42.1 Å². The Morgan fingerprint density at radius 1 is 1.19 bits per heavy atom. The third-order valence-corrected chi connectivity index (χ3v) is 4.15. The molecular weight excluding hydrogens is 348 g/mol. The molecule has 1 unspecified atom stereocenters. The van der Waals surface area contributed by atoms with Gasteiger partial charge in [0.15, 0.2) is 5.69 Å². The molecular formula is C19H24N4O4. The van der Waals surface area contributed by atoms with Gasteiger partial charge >= 0.3 is 0 Å². The van der Waals surface area contributed by atoms with E-state index >= 15 is 0 Å². The summed E-state index contributed by atoms with van der Waals surface area (Å²) in [6.07, 6.45) is 2.37. The molecule has 8 heteroatoms. The lowest BCUT2D eigenvalue weighted by molar-refractivity contribution is 0.0941. The highest BCUT2D eigenvalue weighted by Gasteiger charge is 2.15. The van der Waals surface area contributed by atoms with Crippen LogP contribution in [0.4, 0.5) is 5.82 Å². The van der Waals surface area contributed by atoms with Crippen molar-refractivity contribution in [1.29, 1.82) is 0 Å². The van der Waals surface area contributed by atoms with Gasteiger partial charge in [0.25, 0.3) is 5.91 Å².